The topological polar surface area (TPSA) is 55.2 Å². The SMILES string of the molecule is C[C@H]1CCCN(S(=O)(=O)c2ccc3c(c2)nc(SCc2cccc(F)c2F)n3C2CCCC2)C1. The number of halogens is 2. The molecule has 0 amide bonds. The molecule has 3 aromatic rings. The van der Waals surface area contributed by atoms with Gasteiger partial charge in [-0.15, -0.1) is 0 Å². The number of thioether (sulfide) groups is 1. The molecule has 5 nitrogen and oxygen atoms in total. The van der Waals surface area contributed by atoms with Gasteiger partial charge in [-0.1, -0.05) is 43.7 Å². The predicted molar refractivity (Wildman–Crippen MR) is 130 cm³/mol. The molecule has 0 spiro atoms. The van der Waals surface area contributed by atoms with E-state index in [-0.39, 0.29) is 22.3 Å². The largest absolute Gasteiger partial charge is 0.316 e. The number of benzene rings is 2. The summed E-state index contributed by atoms with van der Waals surface area (Å²) in [5, 5.41) is 0.715. The average Bonchev–Trinajstić information content (AvgIpc) is 3.47. The van der Waals surface area contributed by atoms with Gasteiger partial charge >= 0.3 is 0 Å². The Bertz CT molecular complexity index is 1300. The van der Waals surface area contributed by atoms with Crippen molar-refractivity contribution in [1.82, 2.24) is 13.9 Å². The maximum absolute atomic E-state index is 14.2. The van der Waals surface area contributed by atoms with Crippen molar-refractivity contribution in [3.63, 3.8) is 0 Å². The van der Waals surface area contributed by atoms with Crippen LogP contribution in [0.1, 0.15) is 57.1 Å². The van der Waals surface area contributed by atoms with Gasteiger partial charge in [-0.2, -0.15) is 4.31 Å². The quantitative estimate of drug-likeness (QED) is 0.378. The molecule has 2 heterocycles. The standard InChI is InChI=1S/C25H29F2N3O2S2/c1-17-6-5-13-29(15-17)34(31,32)20-11-12-23-22(14-20)28-25(30(23)19-8-2-3-9-19)33-16-18-7-4-10-21(26)24(18)27/h4,7,10-12,14,17,19H,2-3,5-6,8-9,13,15-16H2,1H3/t17-/m0/s1. The third-order valence-corrected chi connectivity index (χ3v) is 9.83. The number of rotatable bonds is 6. The monoisotopic (exact) mass is 505 g/mol. The summed E-state index contributed by atoms with van der Waals surface area (Å²) < 4.78 is 58.3. The Balaban J connectivity index is 1.50. The minimum Gasteiger partial charge on any atom is -0.316 e. The Kier molecular flexibility index (Phi) is 6.70. The molecule has 1 aliphatic heterocycles. The molecule has 2 aromatic carbocycles. The summed E-state index contributed by atoms with van der Waals surface area (Å²) >= 11 is 1.36. The Morgan fingerprint density at radius 2 is 1.88 bits per heavy atom. The van der Waals surface area contributed by atoms with Gasteiger partial charge in [-0.3, -0.25) is 0 Å². The summed E-state index contributed by atoms with van der Waals surface area (Å²) in [6, 6.07) is 9.68. The summed E-state index contributed by atoms with van der Waals surface area (Å²) in [6.45, 7) is 3.16. The van der Waals surface area contributed by atoms with Crippen LogP contribution in [0.2, 0.25) is 0 Å². The van der Waals surface area contributed by atoms with Crippen LogP contribution in [0.4, 0.5) is 8.78 Å². The lowest BCUT2D eigenvalue weighted by Gasteiger charge is -2.30. The van der Waals surface area contributed by atoms with Crippen molar-refractivity contribution in [2.45, 2.75) is 67.3 Å². The fourth-order valence-corrected chi connectivity index (χ4v) is 7.83. The highest BCUT2D eigenvalue weighted by atomic mass is 32.2. The molecule has 34 heavy (non-hydrogen) atoms. The van der Waals surface area contributed by atoms with Crippen molar-refractivity contribution in [1.29, 1.82) is 0 Å². The van der Waals surface area contributed by atoms with Crippen molar-refractivity contribution in [2.24, 2.45) is 5.92 Å². The van der Waals surface area contributed by atoms with Crippen molar-refractivity contribution in [2.75, 3.05) is 13.1 Å². The lowest BCUT2D eigenvalue weighted by Crippen LogP contribution is -2.39. The average molecular weight is 506 g/mol. The van der Waals surface area contributed by atoms with E-state index in [2.05, 4.69) is 11.5 Å². The minimum atomic E-state index is -3.59. The van der Waals surface area contributed by atoms with Gasteiger partial charge in [0.1, 0.15) is 0 Å². The number of fused-ring (bicyclic) bond motifs is 1. The van der Waals surface area contributed by atoms with E-state index in [0.717, 1.165) is 50.1 Å². The van der Waals surface area contributed by atoms with Gasteiger partial charge in [0.25, 0.3) is 0 Å². The Morgan fingerprint density at radius 1 is 1.09 bits per heavy atom. The number of nitrogens with zero attached hydrogens (tertiary/aromatic N) is 3. The molecule has 0 unspecified atom stereocenters. The van der Waals surface area contributed by atoms with Crippen molar-refractivity contribution >= 4 is 32.8 Å². The smallest absolute Gasteiger partial charge is 0.243 e. The third kappa shape index (κ3) is 4.50. The summed E-state index contributed by atoms with van der Waals surface area (Å²) in [5.74, 6) is -1.09. The van der Waals surface area contributed by atoms with E-state index >= 15 is 0 Å². The molecule has 1 aliphatic carbocycles. The molecule has 0 bridgehead atoms. The van der Waals surface area contributed by atoms with E-state index < -0.39 is 21.7 Å². The molecule has 0 radical (unpaired) electrons. The first-order chi connectivity index (χ1) is 16.3. The van der Waals surface area contributed by atoms with Crippen LogP contribution in [0.5, 0.6) is 0 Å². The second-order valence-corrected chi connectivity index (χ2v) is 12.3. The Hall–Kier alpha value is -1.97. The predicted octanol–water partition coefficient (Wildman–Crippen LogP) is 6.14. The van der Waals surface area contributed by atoms with E-state index in [0.29, 0.717) is 29.7 Å². The molecule has 9 heteroatoms. The minimum absolute atomic E-state index is 0.246. The van der Waals surface area contributed by atoms with Crippen LogP contribution in [0.15, 0.2) is 46.5 Å². The molecule has 0 N–H and O–H groups in total. The van der Waals surface area contributed by atoms with E-state index in [1.54, 1.807) is 22.5 Å². The molecule has 1 atom stereocenters. The van der Waals surface area contributed by atoms with Gasteiger partial charge in [0.05, 0.1) is 15.9 Å². The highest BCUT2D eigenvalue weighted by Gasteiger charge is 2.30. The zero-order valence-electron chi connectivity index (χ0n) is 19.2. The number of hydrogen-bond acceptors (Lipinski definition) is 4. The lowest BCUT2D eigenvalue weighted by molar-refractivity contribution is 0.281. The van der Waals surface area contributed by atoms with Crippen LogP contribution >= 0.6 is 11.8 Å². The molecule has 2 aliphatic rings. The van der Waals surface area contributed by atoms with E-state index in [4.69, 9.17) is 4.98 Å². The maximum Gasteiger partial charge on any atom is 0.243 e. The Morgan fingerprint density at radius 3 is 2.65 bits per heavy atom. The van der Waals surface area contributed by atoms with E-state index in [1.165, 1.54) is 17.8 Å². The third-order valence-electron chi connectivity index (χ3n) is 6.96. The first-order valence-electron chi connectivity index (χ1n) is 11.9. The molecule has 1 saturated heterocycles. The number of sulfonamides is 1. The first-order valence-corrected chi connectivity index (χ1v) is 14.3. The first kappa shape index (κ1) is 23.8. The molecular weight excluding hydrogens is 476 g/mol. The lowest BCUT2D eigenvalue weighted by atomic mass is 10.0. The number of imidazole rings is 1. The van der Waals surface area contributed by atoms with E-state index in [1.807, 2.05) is 6.07 Å². The second-order valence-electron chi connectivity index (χ2n) is 9.47. The van der Waals surface area contributed by atoms with Gasteiger partial charge in [0, 0.05) is 30.4 Å². The molecule has 182 valence electrons. The highest BCUT2D eigenvalue weighted by molar-refractivity contribution is 7.98. The summed E-state index contributed by atoms with van der Waals surface area (Å²) in [7, 11) is -3.59. The number of aromatic nitrogens is 2. The van der Waals surface area contributed by atoms with Crippen LogP contribution in [-0.4, -0.2) is 35.4 Å². The van der Waals surface area contributed by atoms with Crippen molar-refractivity contribution in [3.05, 3.63) is 53.6 Å². The van der Waals surface area contributed by atoms with Crippen LogP contribution in [0.3, 0.4) is 0 Å². The van der Waals surface area contributed by atoms with Crippen LogP contribution in [-0.2, 0) is 15.8 Å². The molecule has 1 aromatic heterocycles. The normalized spacial score (nSPS) is 20.4. The summed E-state index contributed by atoms with van der Waals surface area (Å²) in [5.41, 5.74) is 1.80. The van der Waals surface area contributed by atoms with Crippen LogP contribution in [0.25, 0.3) is 11.0 Å². The van der Waals surface area contributed by atoms with E-state index in [9.17, 15) is 17.2 Å². The van der Waals surface area contributed by atoms with Crippen LogP contribution in [0, 0.1) is 17.6 Å². The highest BCUT2D eigenvalue weighted by Crippen LogP contribution is 2.38. The fourth-order valence-electron chi connectivity index (χ4n) is 5.15. The summed E-state index contributed by atoms with van der Waals surface area (Å²) in [6.07, 6.45) is 6.23. The van der Waals surface area contributed by atoms with Gasteiger partial charge in [-0.05, 0) is 55.9 Å². The second kappa shape index (κ2) is 9.59. The fraction of sp³-hybridized carbons (Fsp3) is 0.480. The zero-order valence-corrected chi connectivity index (χ0v) is 20.8. The number of piperidine rings is 1. The Labute approximate surface area is 203 Å². The van der Waals surface area contributed by atoms with Crippen molar-refractivity contribution < 1.29 is 17.2 Å². The molecule has 1 saturated carbocycles. The zero-order chi connectivity index (χ0) is 23.9. The van der Waals surface area contributed by atoms with Gasteiger partial charge in [0.2, 0.25) is 10.0 Å². The molecule has 2 fully saturated rings. The summed E-state index contributed by atoms with van der Waals surface area (Å²) in [4.78, 5) is 5.05. The van der Waals surface area contributed by atoms with Crippen molar-refractivity contribution in [3.8, 4) is 0 Å². The van der Waals surface area contributed by atoms with Gasteiger partial charge < -0.3 is 4.57 Å². The number of hydrogen-bond donors (Lipinski definition) is 0. The van der Waals surface area contributed by atoms with Gasteiger partial charge in [-0.25, -0.2) is 22.2 Å². The molecule has 5 rings (SSSR count). The van der Waals surface area contributed by atoms with Crippen LogP contribution < -0.4 is 0 Å². The molecular formula is C25H29F2N3O2S2. The van der Waals surface area contributed by atoms with Gasteiger partial charge in [0.15, 0.2) is 16.8 Å². The maximum atomic E-state index is 14.2.